The van der Waals surface area contributed by atoms with Gasteiger partial charge < -0.3 is 4.52 Å². The van der Waals surface area contributed by atoms with Gasteiger partial charge in [0.05, 0.1) is 11.8 Å². The average molecular weight is 191 g/mol. The van der Waals surface area contributed by atoms with E-state index in [-0.39, 0.29) is 11.2 Å². The van der Waals surface area contributed by atoms with E-state index >= 15 is 0 Å². The van der Waals surface area contributed by atoms with E-state index in [1.54, 1.807) is 12.3 Å². The molecule has 1 aliphatic rings. The molecule has 1 aromatic rings. The van der Waals surface area contributed by atoms with Crippen LogP contribution in [-0.2, 0) is 4.79 Å². The van der Waals surface area contributed by atoms with Gasteiger partial charge in [-0.2, -0.15) is 0 Å². The van der Waals surface area contributed by atoms with E-state index in [4.69, 9.17) is 4.52 Å². The summed E-state index contributed by atoms with van der Waals surface area (Å²) in [5.74, 6) is 0.740. The fourth-order valence-corrected chi connectivity index (χ4v) is 1.68. The molecular formula is C11H13NO2. The lowest BCUT2D eigenvalue weighted by Crippen LogP contribution is -2.18. The third-order valence-electron chi connectivity index (χ3n) is 2.54. The fraction of sp³-hybridized carbons (Fsp3) is 0.455. The molecule has 14 heavy (non-hydrogen) atoms. The van der Waals surface area contributed by atoms with Crippen molar-refractivity contribution in [3.8, 4) is 0 Å². The van der Waals surface area contributed by atoms with Gasteiger partial charge in [-0.1, -0.05) is 25.1 Å². The van der Waals surface area contributed by atoms with E-state index < -0.39 is 0 Å². The first kappa shape index (κ1) is 9.19. The smallest absolute Gasteiger partial charge is 0.170 e. The molecule has 3 nitrogen and oxygen atoms in total. The molecule has 0 unspecified atom stereocenters. The predicted octanol–water partition coefficient (Wildman–Crippen LogP) is 2.45. The van der Waals surface area contributed by atoms with Gasteiger partial charge >= 0.3 is 0 Å². The Morgan fingerprint density at radius 3 is 2.93 bits per heavy atom. The molecule has 0 aromatic carbocycles. The van der Waals surface area contributed by atoms with Crippen LogP contribution in [0.25, 0.3) is 5.57 Å². The highest BCUT2D eigenvalue weighted by molar-refractivity contribution is 6.20. The first-order valence-corrected chi connectivity index (χ1v) is 4.76. The van der Waals surface area contributed by atoms with Gasteiger partial charge in [0.25, 0.3) is 0 Å². The molecule has 0 aliphatic heterocycles. The number of nitrogens with zero attached hydrogens (tertiary/aromatic N) is 1. The molecule has 0 amide bonds. The fourth-order valence-electron chi connectivity index (χ4n) is 1.68. The summed E-state index contributed by atoms with van der Waals surface area (Å²) in [7, 11) is 0. The summed E-state index contributed by atoms with van der Waals surface area (Å²) in [6.07, 6.45) is 5.05. The normalized spacial score (nSPS) is 20.7. The van der Waals surface area contributed by atoms with Crippen molar-refractivity contribution in [1.29, 1.82) is 0 Å². The first-order valence-electron chi connectivity index (χ1n) is 4.76. The van der Waals surface area contributed by atoms with E-state index in [9.17, 15) is 4.79 Å². The van der Waals surface area contributed by atoms with Crippen LogP contribution in [0.5, 0.6) is 0 Å². The molecular weight excluding hydrogens is 178 g/mol. The van der Waals surface area contributed by atoms with Crippen LogP contribution in [0.2, 0.25) is 0 Å². The maximum absolute atomic E-state index is 11.6. The summed E-state index contributed by atoms with van der Waals surface area (Å²) in [6, 6.07) is 1.73. The summed E-state index contributed by atoms with van der Waals surface area (Å²) in [6.45, 7) is 4.24. The lowest BCUT2D eigenvalue weighted by Gasteiger charge is -2.25. The van der Waals surface area contributed by atoms with E-state index in [1.165, 1.54) is 0 Å². The number of hydrogen-bond donors (Lipinski definition) is 0. The number of hydrogen-bond acceptors (Lipinski definition) is 3. The highest BCUT2D eigenvalue weighted by atomic mass is 16.5. The monoisotopic (exact) mass is 191 g/mol. The van der Waals surface area contributed by atoms with Gasteiger partial charge in [0.2, 0.25) is 0 Å². The molecule has 0 spiro atoms. The zero-order chi connectivity index (χ0) is 10.2. The Kier molecular flexibility index (Phi) is 2.02. The number of carbonyl (C=O) groups excluding carboxylic acids is 1. The third-order valence-corrected chi connectivity index (χ3v) is 2.54. The van der Waals surface area contributed by atoms with E-state index in [2.05, 4.69) is 19.0 Å². The van der Waals surface area contributed by atoms with Crippen LogP contribution in [0.15, 0.2) is 22.9 Å². The van der Waals surface area contributed by atoms with Gasteiger partial charge in [-0.25, -0.2) is 0 Å². The van der Waals surface area contributed by atoms with Crippen molar-refractivity contribution >= 4 is 11.4 Å². The molecule has 1 heterocycles. The molecule has 1 aromatic heterocycles. The van der Waals surface area contributed by atoms with Crippen molar-refractivity contribution in [2.45, 2.75) is 26.7 Å². The van der Waals surface area contributed by atoms with Crippen molar-refractivity contribution in [2.75, 3.05) is 0 Å². The summed E-state index contributed by atoms with van der Waals surface area (Å²) < 4.78 is 5.00. The summed E-state index contributed by atoms with van der Waals surface area (Å²) in [4.78, 5) is 11.6. The summed E-state index contributed by atoms with van der Waals surface area (Å²) in [5.41, 5.74) is 0.759. The largest absolute Gasteiger partial charge is 0.356 e. The quantitative estimate of drug-likeness (QED) is 0.684. The molecule has 0 bridgehead atoms. The summed E-state index contributed by atoms with van der Waals surface area (Å²) >= 11 is 0. The van der Waals surface area contributed by atoms with Crippen molar-refractivity contribution < 1.29 is 9.32 Å². The maximum Gasteiger partial charge on any atom is 0.170 e. The molecule has 0 atom stereocenters. The Morgan fingerprint density at radius 1 is 1.50 bits per heavy atom. The van der Waals surface area contributed by atoms with Crippen molar-refractivity contribution in [3.63, 3.8) is 0 Å². The summed E-state index contributed by atoms with van der Waals surface area (Å²) in [5, 5.41) is 3.61. The minimum atomic E-state index is 0.0794. The topological polar surface area (TPSA) is 43.1 Å². The van der Waals surface area contributed by atoms with Crippen LogP contribution < -0.4 is 0 Å². The molecule has 3 heteroatoms. The van der Waals surface area contributed by atoms with Crippen LogP contribution in [0.3, 0.4) is 0 Å². The van der Waals surface area contributed by atoms with E-state index in [0.717, 1.165) is 6.42 Å². The van der Waals surface area contributed by atoms with Gasteiger partial charge in [-0.3, -0.25) is 4.79 Å². The molecule has 2 rings (SSSR count). The highest BCUT2D eigenvalue weighted by Crippen LogP contribution is 2.35. The number of ketones is 1. The van der Waals surface area contributed by atoms with Crippen LogP contribution in [0, 0.1) is 5.41 Å². The number of rotatable bonds is 1. The molecule has 0 radical (unpaired) electrons. The number of carbonyl (C=O) groups is 1. The number of aromatic nitrogens is 1. The second-order valence-electron chi connectivity index (χ2n) is 4.35. The predicted molar refractivity (Wildman–Crippen MR) is 52.5 cm³/mol. The van der Waals surface area contributed by atoms with Gasteiger partial charge in [0.1, 0.15) is 0 Å². The van der Waals surface area contributed by atoms with E-state index in [1.807, 2.05) is 6.08 Å². The Labute approximate surface area is 82.8 Å². The second-order valence-corrected chi connectivity index (χ2v) is 4.35. The van der Waals surface area contributed by atoms with Crippen molar-refractivity contribution in [2.24, 2.45) is 5.41 Å². The maximum atomic E-state index is 11.6. The zero-order valence-corrected chi connectivity index (χ0v) is 8.41. The molecule has 0 saturated heterocycles. The molecule has 0 fully saturated rings. The Morgan fingerprint density at radius 2 is 2.29 bits per heavy atom. The van der Waals surface area contributed by atoms with Gasteiger partial charge in [-0.15, -0.1) is 0 Å². The first-order chi connectivity index (χ1) is 6.58. The SMILES string of the molecule is CC1(C)C=C(c2ccno2)C(=O)CC1. The van der Waals surface area contributed by atoms with Crippen LogP contribution in [0.4, 0.5) is 0 Å². The number of allylic oxidation sites excluding steroid dienone is 2. The van der Waals surface area contributed by atoms with Crippen molar-refractivity contribution in [1.82, 2.24) is 5.16 Å². The molecule has 1 aliphatic carbocycles. The molecule has 0 saturated carbocycles. The standard InChI is InChI=1S/C11H13NO2/c1-11(2)5-3-9(13)8(7-11)10-4-6-12-14-10/h4,6-7H,3,5H2,1-2H3. The second kappa shape index (κ2) is 3.08. The van der Waals surface area contributed by atoms with Crippen molar-refractivity contribution in [3.05, 3.63) is 24.1 Å². The Hall–Kier alpha value is -1.38. The zero-order valence-electron chi connectivity index (χ0n) is 8.41. The van der Waals surface area contributed by atoms with Gasteiger partial charge in [-0.05, 0) is 11.8 Å². The van der Waals surface area contributed by atoms with Gasteiger partial charge in [0, 0.05) is 12.5 Å². The minimum absolute atomic E-state index is 0.0794. The lowest BCUT2D eigenvalue weighted by molar-refractivity contribution is -0.114. The molecule has 74 valence electrons. The molecule has 0 N–H and O–H groups in total. The Bertz CT molecular complexity index is 374. The van der Waals surface area contributed by atoms with E-state index in [0.29, 0.717) is 17.8 Å². The Balaban J connectivity index is 2.42. The van der Waals surface area contributed by atoms with Gasteiger partial charge in [0.15, 0.2) is 11.5 Å². The van der Waals surface area contributed by atoms with Crippen LogP contribution >= 0.6 is 0 Å². The number of Topliss-reactive ketones (excluding diaryl/α,β-unsaturated/α-hetero) is 1. The van der Waals surface area contributed by atoms with Crippen LogP contribution in [-0.4, -0.2) is 10.9 Å². The van der Waals surface area contributed by atoms with Crippen LogP contribution in [0.1, 0.15) is 32.4 Å². The highest BCUT2D eigenvalue weighted by Gasteiger charge is 2.27. The lowest BCUT2D eigenvalue weighted by atomic mass is 9.78. The third kappa shape index (κ3) is 1.62. The minimum Gasteiger partial charge on any atom is -0.356 e. The average Bonchev–Trinajstić information content (AvgIpc) is 2.62.